The molecule has 2 unspecified atom stereocenters. The van der Waals surface area contributed by atoms with Gasteiger partial charge in [-0.1, -0.05) is 26.1 Å². The zero-order valence-corrected chi connectivity index (χ0v) is 8.76. The summed E-state index contributed by atoms with van der Waals surface area (Å²) in [6.07, 6.45) is 4.79. The van der Waals surface area contributed by atoms with Gasteiger partial charge >= 0.3 is 0 Å². The fraction of sp³-hybridized carbons (Fsp3) is 0.889. The smallest absolute Gasteiger partial charge is 0.123 e. The van der Waals surface area contributed by atoms with Crippen LogP contribution in [0.25, 0.3) is 0 Å². The van der Waals surface area contributed by atoms with Gasteiger partial charge in [0.15, 0.2) is 0 Å². The lowest BCUT2D eigenvalue weighted by Gasteiger charge is -2.24. The summed E-state index contributed by atoms with van der Waals surface area (Å²) in [5, 5.41) is 0. The molecule has 0 radical (unpaired) electrons. The molecule has 0 aromatic carbocycles. The summed E-state index contributed by atoms with van der Waals surface area (Å²) in [7, 11) is -0.941. The predicted octanol–water partition coefficient (Wildman–Crippen LogP) is 2.69. The minimum absolute atomic E-state index is 0.395. The van der Waals surface area contributed by atoms with Crippen LogP contribution in [-0.2, 0) is 4.79 Å². The van der Waals surface area contributed by atoms with Gasteiger partial charge in [0, 0.05) is 14.0 Å². The van der Waals surface area contributed by atoms with Crippen LogP contribution in [-0.4, -0.2) is 14.4 Å². The van der Waals surface area contributed by atoms with E-state index in [1.807, 2.05) is 0 Å². The van der Waals surface area contributed by atoms with Crippen LogP contribution in [0, 0.1) is 5.92 Å². The van der Waals surface area contributed by atoms with Crippen LogP contribution in [0.1, 0.15) is 19.3 Å². The van der Waals surface area contributed by atoms with Gasteiger partial charge in [-0.2, -0.15) is 0 Å². The Balaban J connectivity index is 2.48. The molecule has 0 bridgehead atoms. The third-order valence-electron chi connectivity index (χ3n) is 2.89. The first-order valence-corrected chi connectivity index (χ1v) is 8.07. The molecule has 0 N–H and O–H groups in total. The molecular formula is C9H18OSi. The summed E-state index contributed by atoms with van der Waals surface area (Å²) in [6, 6.07) is 0. The van der Waals surface area contributed by atoms with Gasteiger partial charge in [0.25, 0.3) is 0 Å². The highest BCUT2D eigenvalue weighted by molar-refractivity contribution is 6.77. The van der Waals surface area contributed by atoms with Crippen LogP contribution < -0.4 is 0 Å². The first-order chi connectivity index (χ1) is 5.04. The van der Waals surface area contributed by atoms with Crippen LogP contribution in [0.2, 0.25) is 25.2 Å². The Morgan fingerprint density at radius 2 is 1.91 bits per heavy atom. The molecule has 0 aromatic rings. The number of carbonyl (C=O) groups excluding carboxylic acids is 1. The number of carbonyl (C=O) groups is 1. The first-order valence-electron chi connectivity index (χ1n) is 4.49. The van der Waals surface area contributed by atoms with E-state index in [1.165, 1.54) is 12.8 Å². The highest BCUT2D eigenvalue weighted by atomic mass is 28.3. The lowest BCUT2D eigenvalue weighted by Crippen LogP contribution is -2.26. The van der Waals surface area contributed by atoms with Crippen molar-refractivity contribution in [3.8, 4) is 0 Å². The maximum Gasteiger partial charge on any atom is 0.123 e. The second kappa shape index (κ2) is 3.09. The second-order valence-electron chi connectivity index (χ2n) is 4.77. The zero-order valence-electron chi connectivity index (χ0n) is 7.76. The topological polar surface area (TPSA) is 17.1 Å². The van der Waals surface area contributed by atoms with Gasteiger partial charge in [-0.25, -0.2) is 0 Å². The minimum atomic E-state index is -0.941. The quantitative estimate of drug-likeness (QED) is 0.460. The highest BCUT2D eigenvalue weighted by Crippen LogP contribution is 2.40. The van der Waals surface area contributed by atoms with Gasteiger partial charge in [-0.15, -0.1) is 0 Å². The average molecular weight is 170 g/mol. The third kappa shape index (κ3) is 2.16. The molecule has 2 atom stereocenters. The van der Waals surface area contributed by atoms with Gasteiger partial charge in [-0.05, 0) is 18.4 Å². The maximum atomic E-state index is 10.5. The summed E-state index contributed by atoms with van der Waals surface area (Å²) in [6.45, 7) is 7.22. The second-order valence-corrected chi connectivity index (χ2v) is 10.3. The van der Waals surface area contributed by atoms with Crippen molar-refractivity contribution in [1.29, 1.82) is 0 Å². The molecule has 1 rings (SSSR count). The predicted molar refractivity (Wildman–Crippen MR) is 50.5 cm³/mol. The average Bonchev–Trinajstić information content (AvgIpc) is 2.32. The summed E-state index contributed by atoms with van der Waals surface area (Å²) in [4.78, 5) is 10.5. The van der Waals surface area contributed by atoms with Crippen molar-refractivity contribution in [3.05, 3.63) is 0 Å². The fourth-order valence-corrected chi connectivity index (χ4v) is 3.97. The van der Waals surface area contributed by atoms with E-state index in [4.69, 9.17) is 0 Å². The van der Waals surface area contributed by atoms with Crippen molar-refractivity contribution in [2.75, 3.05) is 0 Å². The van der Waals surface area contributed by atoms with E-state index >= 15 is 0 Å². The number of hydrogen-bond acceptors (Lipinski definition) is 1. The molecule has 0 saturated heterocycles. The van der Waals surface area contributed by atoms with Crippen LogP contribution in [0.3, 0.4) is 0 Å². The lowest BCUT2D eigenvalue weighted by molar-refractivity contribution is -0.110. The normalized spacial score (nSPS) is 32.3. The van der Waals surface area contributed by atoms with Gasteiger partial charge in [0.2, 0.25) is 0 Å². The maximum absolute atomic E-state index is 10.5. The summed E-state index contributed by atoms with van der Waals surface area (Å²) in [5.74, 6) is 0.395. The van der Waals surface area contributed by atoms with Gasteiger partial charge < -0.3 is 4.79 Å². The van der Waals surface area contributed by atoms with Gasteiger partial charge in [-0.3, -0.25) is 0 Å². The van der Waals surface area contributed by atoms with E-state index in [2.05, 4.69) is 19.6 Å². The molecule has 0 heterocycles. The lowest BCUT2D eigenvalue weighted by atomic mass is 10.1. The van der Waals surface area contributed by atoms with E-state index in [1.54, 1.807) is 0 Å². The molecule has 0 aliphatic heterocycles. The monoisotopic (exact) mass is 170 g/mol. The molecule has 1 nitrogen and oxygen atoms in total. The summed E-state index contributed by atoms with van der Waals surface area (Å²) < 4.78 is 0. The molecule has 0 amide bonds. The molecule has 11 heavy (non-hydrogen) atoms. The van der Waals surface area contributed by atoms with Crippen molar-refractivity contribution < 1.29 is 4.79 Å². The fourth-order valence-electron chi connectivity index (χ4n) is 1.93. The molecule has 1 aliphatic carbocycles. The summed E-state index contributed by atoms with van der Waals surface area (Å²) >= 11 is 0. The van der Waals surface area contributed by atoms with Gasteiger partial charge in [0.1, 0.15) is 6.29 Å². The van der Waals surface area contributed by atoms with Crippen LogP contribution in [0.4, 0.5) is 0 Å². The Morgan fingerprint density at radius 1 is 1.27 bits per heavy atom. The first kappa shape index (κ1) is 8.98. The van der Waals surface area contributed by atoms with E-state index in [9.17, 15) is 4.79 Å². The number of hydrogen-bond donors (Lipinski definition) is 0. The molecule has 1 aliphatic rings. The van der Waals surface area contributed by atoms with Crippen molar-refractivity contribution in [3.63, 3.8) is 0 Å². The molecule has 64 valence electrons. The van der Waals surface area contributed by atoms with Gasteiger partial charge in [0.05, 0.1) is 0 Å². The van der Waals surface area contributed by atoms with Crippen LogP contribution >= 0.6 is 0 Å². The Morgan fingerprint density at radius 3 is 2.18 bits per heavy atom. The van der Waals surface area contributed by atoms with E-state index in [0.717, 1.165) is 18.2 Å². The molecular weight excluding hydrogens is 152 g/mol. The Kier molecular flexibility index (Phi) is 2.53. The van der Waals surface area contributed by atoms with Crippen molar-refractivity contribution >= 4 is 14.4 Å². The third-order valence-corrected chi connectivity index (χ3v) is 5.86. The van der Waals surface area contributed by atoms with Crippen LogP contribution in [0.15, 0.2) is 0 Å². The Bertz CT molecular complexity index is 148. The zero-order chi connectivity index (χ0) is 8.48. The molecule has 1 fully saturated rings. The molecule has 1 saturated carbocycles. The van der Waals surface area contributed by atoms with E-state index < -0.39 is 8.07 Å². The minimum Gasteiger partial charge on any atom is -0.303 e. The van der Waals surface area contributed by atoms with Crippen LogP contribution in [0.5, 0.6) is 0 Å². The van der Waals surface area contributed by atoms with Crippen molar-refractivity contribution in [1.82, 2.24) is 0 Å². The SMILES string of the molecule is C[Si](C)(C)C1CCC(C=O)C1. The number of aldehydes is 1. The molecule has 2 heteroatoms. The Hall–Kier alpha value is -0.113. The Labute approximate surface area is 70.2 Å². The van der Waals surface area contributed by atoms with E-state index in [-0.39, 0.29) is 0 Å². The van der Waals surface area contributed by atoms with E-state index in [0.29, 0.717) is 5.92 Å². The highest BCUT2D eigenvalue weighted by Gasteiger charge is 2.33. The van der Waals surface area contributed by atoms with Crippen molar-refractivity contribution in [2.45, 2.75) is 44.4 Å². The molecule has 0 spiro atoms. The van der Waals surface area contributed by atoms with Crippen molar-refractivity contribution in [2.24, 2.45) is 5.92 Å². The molecule has 0 aromatic heterocycles. The number of rotatable bonds is 2. The largest absolute Gasteiger partial charge is 0.303 e. The standard InChI is InChI=1S/C9H18OSi/c1-11(2,3)9-5-4-8(6-9)7-10/h7-9H,4-6H2,1-3H3. The summed E-state index contributed by atoms with van der Waals surface area (Å²) in [5.41, 5.74) is 0.901.